The molecule has 2 aromatic carbocycles. The third-order valence-corrected chi connectivity index (χ3v) is 12.4. The van der Waals surface area contributed by atoms with Crippen LogP contribution in [-0.2, 0) is 18.7 Å². The Balaban J connectivity index is 1.69. The molecule has 200 valence electrons. The fourth-order valence-electron chi connectivity index (χ4n) is 5.42. The van der Waals surface area contributed by atoms with Crippen LogP contribution in [0.2, 0.25) is 5.04 Å². The maximum atomic E-state index is 12.1. The molecule has 37 heavy (non-hydrogen) atoms. The molecule has 0 saturated carbocycles. The van der Waals surface area contributed by atoms with Gasteiger partial charge in [-0.3, -0.25) is 4.79 Å². The monoisotopic (exact) mass is 524 g/mol. The molecule has 0 bridgehead atoms. The van der Waals surface area contributed by atoms with E-state index in [0.29, 0.717) is 18.6 Å². The maximum Gasteiger partial charge on any atom is 0.261 e. The topological polar surface area (TPSA) is 80.3 Å². The summed E-state index contributed by atoms with van der Waals surface area (Å²) in [6.07, 6.45) is -0.379. The second-order valence-corrected chi connectivity index (χ2v) is 15.3. The first-order chi connectivity index (χ1) is 17.5. The van der Waals surface area contributed by atoms with Crippen LogP contribution in [0.3, 0.4) is 0 Å². The van der Waals surface area contributed by atoms with Crippen molar-refractivity contribution >= 4 is 24.6 Å². The molecule has 5 atom stereocenters. The van der Waals surface area contributed by atoms with Gasteiger partial charge in [-0.05, 0) is 36.2 Å². The van der Waals surface area contributed by atoms with E-state index in [2.05, 4.69) is 74.6 Å². The quantitative estimate of drug-likeness (QED) is 0.517. The number of ether oxygens (including phenoxy) is 2. The van der Waals surface area contributed by atoms with Crippen LogP contribution < -0.4 is 15.7 Å². The molecule has 1 fully saturated rings. The minimum absolute atomic E-state index is 0.155. The number of amides is 1. The molecule has 4 rings (SSSR count). The van der Waals surface area contributed by atoms with Gasteiger partial charge in [0.2, 0.25) is 6.35 Å². The highest BCUT2D eigenvalue weighted by Crippen LogP contribution is 2.38. The van der Waals surface area contributed by atoms with Crippen LogP contribution >= 0.6 is 0 Å². The van der Waals surface area contributed by atoms with Crippen molar-refractivity contribution in [3.8, 4) is 0 Å². The molecule has 2 aromatic rings. The summed E-state index contributed by atoms with van der Waals surface area (Å²) in [7, 11) is -2.84. The van der Waals surface area contributed by atoms with E-state index in [-0.39, 0.29) is 17.2 Å². The zero-order valence-corrected chi connectivity index (χ0v) is 23.7. The number of nitrogens with zero attached hydrogens (tertiary/aromatic N) is 1. The molecule has 2 aliphatic rings. The van der Waals surface area contributed by atoms with Crippen molar-refractivity contribution in [1.82, 2.24) is 10.2 Å². The van der Waals surface area contributed by atoms with Crippen LogP contribution in [0.25, 0.3) is 0 Å². The molecule has 2 N–H and O–H groups in total. The van der Waals surface area contributed by atoms with Gasteiger partial charge in [-0.25, -0.2) is 0 Å². The van der Waals surface area contributed by atoms with Gasteiger partial charge in [0.15, 0.2) is 0 Å². The fourth-order valence-corrected chi connectivity index (χ4v) is 10.1. The first-order valence-corrected chi connectivity index (χ1v) is 15.0. The summed E-state index contributed by atoms with van der Waals surface area (Å²) < 4.78 is 19.6. The van der Waals surface area contributed by atoms with Crippen molar-refractivity contribution in [3.05, 3.63) is 72.4 Å². The van der Waals surface area contributed by atoms with E-state index in [1.54, 1.807) is 20.0 Å². The minimum atomic E-state index is -2.84. The normalized spacial score (nSPS) is 22.9. The molecule has 2 aliphatic heterocycles. The molecule has 2 unspecified atom stereocenters. The largest absolute Gasteiger partial charge is 0.402 e. The third kappa shape index (κ3) is 5.54. The van der Waals surface area contributed by atoms with Gasteiger partial charge >= 0.3 is 0 Å². The smallest absolute Gasteiger partial charge is 0.261 e. The number of hydrogen-bond donors (Lipinski definition) is 2. The van der Waals surface area contributed by atoms with Crippen molar-refractivity contribution < 1.29 is 23.8 Å². The van der Waals surface area contributed by atoms with Crippen LogP contribution in [0.5, 0.6) is 0 Å². The van der Waals surface area contributed by atoms with Gasteiger partial charge < -0.3 is 29.2 Å². The molecule has 0 radical (unpaired) electrons. The molecule has 0 spiro atoms. The number of rotatable bonds is 8. The summed E-state index contributed by atoms with van der Waals surface area (Å²) in [4.78, 5) is 14.0. The lowest BCUT2D eigenvalue weighted by Gasteiger charge is -2.48. The van der Waals surface area contributed by atoms with Crippen LogP contribution in [0, 0.1) is 0 Å². The number of aliphatic hydroxyl groups is 1. The third-order valence-electron chi connectivity index (χ3n) is 7.23. The van der Waals surface area contributed by atoms with Crippen LogP contribution in [0.15, 0.2) is 72.4 Å². The van der Waals surface area contributed by atoms with E-state index in [1.807, 2.05) is 24.0 Å². The lowest BCUT2D eigenvalue weighted by atomic mass is 10.1. The standard InChI is InChI=1S/C29H40N2O5Si/c1-20-19-31-25(17-18-34-28(31)30-27(20)33)35-26(21(2)32)22(3)36-37(29(4,5)6,23-13-9-7-10-14-23)24-15-11-8-12-16-24/h7-16,19,21-22,25-26,28,32H,17-18H2,1-6H3,(H,30,33)/t21?,22-,25+,26-,28?/m0/s1. The number of aliphatic hydroxyl groups excluding tert-OH is 1. The van der Waals surface area contributed by atoms with Gasteiger partial charge in [-0.1, -0.05) is 81.4 Å². The van der Waals surface area contributed by atoms with Crippen molar-refractivity contribution in [2.75, 3.05) is 6.61 Å². The van der Waals surface area contributed by atoms with Gasteiger partial charge in [0, 0.05) is 18.2 Å². The Labute approximate surface area is 221 Å². The zero-order valence-electron chi connectivity index (χ0n) is 22.7. The summed E-state index contributed by atoms with van der Waals surface area (Å²) in [5.74, 6) is -0.155. The summed E-state index contributed by atoms with van der Waals surface area (Å²) in [5, 5.41) is 15.9. The van der Waals surface area contributed by atoms with Gasteiger partial charge in [-0.15, -0.1) is 0 Å². The summed E-state index contributed by atoms with van der Waals surface area (Å²) in [6, 6.07) is 20.9. The molecular weight excluding hydrogens is 484 g/mol. The molecular formula is C29H40N2O5Si. The van der Waals surface area contributed by atoms with E-state index in [1.165, 1.54) is 10.4 Å². The highest BCUT2D eigenvalue weighted by molar-refractivity contribution is 6.99. The van der Waals surface area contributed by atoms with E-state index in [9.17, 15) is 9.90 Å². The Morgan fingerprint density at radius 3 is 2.14 bits per heavy atom. The highest BCUT2D eigenvalue weighted by Gasteiger charge is 2.52. The minimum Gasteiger partial charge on any atom is -0.402 e. The maximum absolute atomic E-state index is 12.1. The Hall–Kier alpha value is -2.49. The Kier molecular flexibility index (Phi) is 8.25. The first-order valence-electron chi connectivity index (χ1n) is 13.1. The van der Waals surface area contributed by atoms with Crippen molar-refractivity contribution in [2.24, 2.45) is 0 Å². The van der Waals surface area contributed by atoms with Crippen molar-refractivity contribution in [2.45, 2.75) is 83.9 Å². The second kappa shape index (κ2) is 11.1. The number of fused-ring (bicyclic) bond motifs is 1. The van der Waals surface area contributed by atoms with Gasteiger partial charge in [0.1, 0.15) is 12.3 Å². The average molecular weight is 525 g/mol. The van der Waals surface area contributed by atoms with E-state index >= 15 is 0 Å². The number of carbonyl (C=O) groups is 1. The zero-order chi connectivity index (χ0) is 26.8. The molecule has 2 heterocycles. The highest BCUT2D eigenvalue weighted by atomic mass is 28.4. The van der Waals surface area contributed by atoms with E-state index in [4.69, 9.17) is 13.9 Å². The molecule has 0 aliphatic carbocycles. The van der Waals surface area contributed by atoms with Crippen LogP contribution in [0.1, 0.15) is 48.0 Å². The predicted molar refractivity (Wildman–Crippen MR) is 147 cm³/mol. The Morgan fingerprint density at radius 1 is 1.05 bits per heavy atom. The summed E-state index contributed by atoms with van der Waals surface area (Å²) in [5.41, 5.74) is 0.584. The van der Waals surface area contributed by atoms with Crippen molar-refractivity contribution in [1.29, 1.82) is 0 Å². The van der Waals surface area contributed by atoms with Gasteiger partial charge in [-0.2, -0.15) is 0 Å². The molecule has 1 saturated heterocycles. The van der Waals surface area contributed by atoms with E-state index in [0.717, 1.165) is 0 Å². The van der Waals surface area contributed by atoms with Crippen LogP contribution in [0.4, 0.5) is 0 Å². The number of benzene rings is 2. The predicted octanol–water partition coefficient (Wildman–Crippen LogP) is 3.08. The number of nitrogens with one attached hydrogen (secondary N) is 1. The SMILES string of the molecule is CC1=CN2C(NC1=O)OCC[C@H]2O[C@@H](C(C)O)[C@H](C)O[Si](c1ccccc1)(c1ccccc1)C(C)(C)C. The van der Waals surface area contributed by atoms with Crippen LogP contribution in [-0.4, -0.2) is 61.7 Å². The van der Waals surface area contributed by atoms with Gasteiger partial charge in [0.25, 0.3) is 14.2 Å². The first kappa shape index (κ1) is 27.5. The summed E-state index contributed by atoms with van der Waals surface area (Å²) >= 11 is 0. The van der Waals surface area contributed by atoms with E-state index < -0.39 is 33.0 Å². The Morgan fingerprint density at radius 2 is 1.62 bits per heavy atom. The lowest BCUT2D eigenvalue weighted by Crippen LogP contribution is -2.69. The Bertz CT molecular complexity index is 1050. The number of hydrogen-bond acceptors (Lipinski definition) is 6. The van der Waals surface area contributed by atoms with Crippen molar-refractivity contribution in [3.63, 3.8) is 0 Å². The van der Waals surface area contributed by atoms with Gasteiger partial charge in [0.05, 0.1) is 18.8 Å². The summed E-state index contributed by atoms with van der Waals surface area (Å²) in [6.45, 7) is 12.6. The fraction of sp³-hybridized carbons (Fsp3) is 0.483. The molecule has 7 nitrogen and oxygen atoms in total. The number of carbonyl (C=O) groups excluding carboxylic acids is 1. The molecule has 8 heteroatoms. The lowest BCUT2D eigenvalue weighted by molar-refractivity contribution is -0.227. The molecule has 0 aromatic heterocycles. The molecule has 1 amide bonds. The second-order valence-electron chi connectivity index (χ2n) is 11.0. The average Bonchev–Trinajstić information content (AvgIpc) is 2.86.